The molecule has 0 unspecified atom stereocenters. The molecule has 2 aromatic rings. The minimum Gasteiger partial charge on any atom is -0.495 e. The number of nitrogens with one attached hydrogen (secondary N) is 1. The Bertz CT molecular complexity index is 813. The van der Waals surface area contributed by atoms with Gasteiger partial charge in [0.15, 0.2) is 9.84 Å². The van der Waals surface area contributed by atoms with Gasteiger partial charge < -0.3 is 10.1 Å². The van der Waals surface area contributed by atoms with Gasteiger partial charge in [0, 0.05) is 30.2 Å². The van der Waals surface area contributed by atoms with E-state index < -0.39 is 9.84 Å². The van der Waals surface area contributed by atoms with Crippen LogP contribution in [0, 0.1) is 6.92 Å². The summed E-state index contributed by atoms with van der Waals surface area (Å²) in [4.78, 5) is 16.5. The van der Waals surface area contributed by atoms with Crippen molar-refractivity contribution in [3.05, 3.63) is 39.8 Å². The van der Waals surface area contributed by atoms with E-state index in [0.29, 0.717) is 13.0 Å². The first-order valence-corrected chi connectivity index (χ1v) is 9.65. The number of aryl methyl sites for hydroxylation is 1. The van der Waals surface area contributed by atoms with Gasteiger partial charge >= 0.3 is 0 Å². The molecule has 8 heteroatoms. The summed E-state index contributed by atoms with van der Waals surface area (Å²) in [5.74, 6) is -0.105. The number of carbonyl (C=O) groups excluding carboxylic acids is 1. The maximum atomic E-state index is 12.2. The molecule has 0 radical (unpaired) electrons. The molecule has 6 nitrogen and oxygen atoms in total. The van der Waals surface area contributed by atoms with Gasteiger partial charge in [0.2, 0.25) is 0 Å². The number of rotatable bonds is 6. The second-order valence-electron chi connectivity index (χ2n) is 5.00. The van der Waals surface area contributed by atoms with Crippen molar-refractivity contribution in [2.75, 3.05) is 19.9 Å². The number of nitrogens with zero attached hydrogens (tertiary/aromatic N) is 1. The van der Waals surface area contributed by atoms with E-state index in [0.717, 1.165) is 17.0 Å². The average Bonchev–Trinajstić information content (AvgIpc) is 2.91. The summed E-state index contributed by atoms with van der Waals surface area (Å²) in [6, 6.07) is 4.35. The third-order valence-electron chi connectivity index (χ3n) is 3.16. The van der Waals surface area contributed by atoms with E-state index in [1.54, 1.807) is 11.3 Å². The number of sulfone groups is 1. The van der Waals surface area contributed by atoms with Gasteiger partial charge in [0.05, 0.1) is 17.8 Å². The van der Waals surface area contributed by atoms with Crippen LogP contribution in [0.4, 0.5) is 0 Å². The summed E-state index contributed by atoms with van der Waals surface area (Å²) in [7, 11) is -2.09. The normalized spacial score (nSPS) is 11.3. The summed E-state index contributed by atoms with van der Waals surface area (Å²) < 4.78 is 28.6. The number of thiazole rings is 1. The van der Waals surface area contributed by atoms with Crippen molar-refractivity contribution in [3.63, 3.8) is 0 Å². The summed E-state index contributed by atoms with van der Waals surface area (Å²) in [6.07, 6.45) is 1.71. The van der Waals surface area contributed by atoms with Crippen LogP contribution in [0.25, 0.3) is 0 Å². The van der Waals surface area contributed by atoms with Crippen LogP contribution in [0.1, 0.15) is 21.1 Å². The van der Waals surface area contributed by atoms with E-state index in [-0.39, 0.29) is 22.1 Å². The first-order chi connectivity index (χ1) is 10.8. The number of hydrogen-bond donors (Lipinski definition) is 1. The molecule has 23 heavy (non-hydrogen) atoms. The zero-order valence-electron chi connectivity index (χ0n) is 13.1. The second-order valence-corrected chi connectivity index (χ2v) is 8.05. The first-order valence-electron chi connectivity index (χ1n) is 6.88. The average molecular weight is 354 g/mol. The molecule has 0 saturated carbocycles. The van der Waals surface area contributed by atoms with Crippen LogP contribution >= 0.6 is 11.3 Å². The molecule has 2 rings (SSSR count). The molecule has 0 saturated heterocycles. The van der Waals surface area contributed by atoms with Crippen molar-refractivity contribution in [1.29, 1.82) is 0 Å². The van der Waals surface area contributed by atoms with E-state index in [1.807, 2.05) is 12.3 Å². The largest absolute Gasteiger partial charge is 0.495 e. The van der Waals surface area contributed by atoms with E-state index >= 15 is 0 Å². The molecule has 0 bridgehead atoms. The molecule has 1 aromatic heterocycles. The lowest BCUT2D eigenvalue weighted by Crippen LogP contribution is -2.26. The summed E-state index contributed by atoms with van der Waals surface area (Å²) >= 11 is 1.56. The summed E-state index contributed by atoms with van der Waals surface area (Å²) in [6.45, 7) is 2.36. The Kier molecular flexibility index (Phi) is 5.38. The van der Waals surface area contributed by atoms with Crippen molar-refractivity contribution in [2.45, 2.75) is 18.2 Å². The van der Waals surface area contributed by atoms with Crippen LogP contribution in [0.2, 0.25) is 0 Å². The predicted molar refractivity (Wildman–Crippen MR) is 89.0 cm³/mol. The minimum absolute atomic E-state index is 0.00257. The number of benzene rings is 1. The highest BCUT2D eigenvalue weighted by molar-refractivity contribution is 7.90. The maximum absolute atomic E-state index is 12.2. The van der Waals surface area contributed by atoms with Gasteiger partial charge in [-0.25, -0.2) is 13.4 Å². The zero-order chi connectivity index (χ0) is 17.0. The van der Waals surface area contributed by atoms with Crippen LogP contribution in [0.15, 0.2) is 28.5 Å². The molecule has 0 spiro atoms. The zero-order valence-corrected chi connectivity index (χ0v) is 14.8. The van der Waals surface area contributed by atoms with Crippen molar-refractivity contribution in [3.8, 4) is 5.75 Å². The van der Waals surface area contributed by atoms with Gasteiger partial charge in [-0.05, 0) is 25.1 Å². The SMILES string of the molecule is COc1ccc(C(=O)NCCc2csc(C)n2)cc1S(C)(=O)=O. The lowest BCUT2D eigenvalue weighted by atomic mass is 10.2. The topological polar surface area (TPSA) is 85.4 Å². The van der Waals surface area contributed by atoms with Crippen LogP contribution in [0.3, 0.4) is 0 Å². The van der Waals surface area contributed by atoms with Crippen LogP contribution in [-0.2, 0) is 16.3 Å². The molecule has 0 aliphatic rings. The molecular formula is C15H18N2O4S2. The highest BCUT2D eigenvalue weighted by Crippen LogP contribution is 2.24. The fraction of sp³-hybridized carbons (Fsp3) is 0.333. The molecule has 0 aliphatic heterocycles. The standard InChI is InChI=1S/C15H18N2O4S2/c1-10-17-12(9-22-10)6-7-16-15(18)11-4-5-13(21-2)14(8-11)23(3,19)20/h4-5,8-9H,6-7H2,1-3H3,(H,16,18). The third kappa shape index (κ3) is 4.52. The second kappa shape index (κ2) is 7.10. The quantitative estimate of drug-likeness (QED) is 0.855. The summed E-state index contributed by atoms with van der Waals surface area (Å²) in [5, 5.41) is 5.70. The Labute approximate surface area is 139 Å². The fourth-order valence-electron chi connectivity index (χ4n) is 2.04. The number of hydrogen-bond acceptors (Lipinski definition) is 6. The smallest absolute Gasteiger partial charge is 0.251 e. The van der Waals surface area contributed by atoms with Gasteiger partial charge in [-0.3, -0.25) is 4.79 Å². The Morgan fingerprint density at radius 1 is 1.39 bits per heavy atom. The molecular weight excluding hydrogens is 336 g/mol. The van der Waals surface area contributed by atoms with Gasteiger partial charge in [0.25, 0.3) is 5.91 Å². The lowest BCUT2D eigenvalue weighted by molar-refractivity contribution is 0.0954. The number of aromatic nitrogens is 1. The lowest BCUT2D eigenvalue weighted by Gasteiger charge is -2.09. The van der Waals surface area contributed by atoms with Gasteiger partial charge in [0.1, 0.15) is 10.6 Å². The minimum atomic E-state index is -3.48. The van der Waals surface area contributed by atoms with Crippen molar-refractivity contribution in [2.24, 2.45) is 0 Å². The first kappa shape index (κ1) is 17.4. The Hall–Kier alpha value is -1.93. The number of amides is 1. The molecule has 0 atom stereocenters. The number of carbonyl (C=O) groups is 1. The van der Waals surface area contributed by atoms with Gasteiger partial charge in [-0.2, -0.15) is 0 Å². The predicted octanol–water partition coefficient (Wildman–Crippen LogP) is 1.84. The molecule has 0 aliphatic carbocycles. The fourth-order valence-corrected chi connectivity index (χ4v) is 3.54. The molecule has 0 fully saturated rings. The van der Waals surface area contributed by atoms with Gasteiger partial charge in [-0.15, -0.1) is 11.3 Å². The Morgan fingerprint density at radius 3 is 2.70 bits per heavy atom. The van der Waals surface area contributed by atoms with Crippen molar-refractivity contribution in [1.82, 2.24) is 10.3 Å². The van der Waals surface area contributed by atoms with E-state index in [9.17, 15) is 13.2 Å². The number of ether oxygens (including phenoxy) is 1. The van der Waals surface area contributed by atoms with Gasteiger partial charge in [-0.1, -0.05) is 0 Å². The van der Waals surface area contributed by atoms with Crippen LogP contribution in [0.5, 0.6) is 5.75 Å². The number of methoxy groups -OCH3 is 1. The molecule has 1 aromatic carbocycles. The molecule has 1 heterocycles. The molecule has 1 amide bonds. The van der Waals surface area contributed by atoms with Crippen LogP contribution < -0.4 is 10.1 Å². The molecule has 124 valence electrons. The monoisotopic (exact) mass is 354 g/mol. The summed E-state index contributed by atoms with van der Waals surface area (Å²) in [5.41, 5.74) is 1.21. The maximum Gasteiger partial charge on any atom is 0.251 e. The van der Waals surface area contributed by atoms with Crippen LogP contribution in [-0.4, -0.2) is 39.2 Å². The van der Waals surface area contributed by atoms with E-state index in [4.69, 9.17) is 4.74 Å². The highest BCUT2D eigenvalue weighted by Gasteiger charge is 2.17. The van der Waals surface area contributed by atoms with Crippen molar-refractivity contribution < 1.29 is 17.9 Å². The Balaban J connectivity index is 2.07. The third-order valence-corrected chi connectivity index (χ3v) is 5.10. The van der Waals surface area contributed by atoms with E-state index in [2.05, 4.69) is 10.3 Å². The van der Waals surface area contributed by atoms with Crippen molar-refractivity contribution >= 4 is 27.1 Å². The molecule has 1 N–H and O–H groups in total. The highest BCUT2D eigenvalue weighted by atomic mass is 32.2. The van der Waals surface area contributed by atoms with E-state index in [1.165, 1.54) is 25.3 Å². The Morgan fingerprint density at radius 2 is 2.13 bits per heavy atom.